The lowest BCUT2D eigenvalue weighted by Gasteiger charge is -2.27. The lowest BCUT2D eigenvalue weighted by Crippen LogP contribution is -2.26. The van der Waals surface area contributed by atoms with Crippen LogP contribution in [-0.2, 0) is 15.7 Å². The fourth-order valence-electron chi connectivity index (χ4n) is 5.05. The largest absolute Gasteiger partial charge is 0.486 e. The molecule has 1 atom stereocenters. The molecule has 1 saturated carbocycles. The number of benzene rings is 3. The second-order valence-corrected chi connectivity index (χ2v) is 10.1. The zero-order chi connectivity index (χ0) is 28.5. The molecule has 0 saturated heterocycles. The van der Waals surface area contributed by atoms with E-state index in [2.05, 4.69) is 10.1 Å². The summed E-state index contributed by atoms with van der Waals surface area (Å²) in [6.45, 7) is 0.190. The number of halogens is 3. The van der Waals surface area contributed by atoms with Gasteiger partial charge in [0.1, 0.15) is 11.9 Å². The molecule has 0 heterocycles. The van der Waals surface area contributed by atoms with Crippen LogP contribution in [0.5, 0.6) is 5.75 Å². The summed E-state index contributed by atoms with van der Waals surface area (Å²) in [5.74, 6) is 0.514. The van der Waals surface area contributed by atoms with Crippen LogP contribution in [0.4, 0.5) is 13.2 Å². The molecule has 40 heavy (non-hydrogen) atoms. The molecule has 1 aliphatic rings. The van der Waals surface area contributed by atoms with Gasteiger partial charge in [-0.05, 0) is 65.4 Å². The summed E-state index contributed by atoms with van der Waals surface area (Å²) in [5.41, 5.74) is 2.33. The van der Waals surface area contributed by atoms with Gasteiger partial charge < -0.3 is 14.8 Å². The van der Waals surface area contributed by atoms with E-state index in [1.54, 1.807) is 24.3 Å². The topological polar surface area (TPSA) is 64.6 Å². The quantitative estimate of drug-likeness (QED) is 0.261. The molecule has 4 rings (SSSR count). The Morgan fingerprint density at radius 1 is 0.875 bits per heavy atom. The highest BCUT2D eigenvalue weighted by atomic mass is 19.4. The number of ether oxygens (including phenoxy) is 2. The number of rotatable bonds is 10. The zero-order valence-corrected chi connectivity index (χ0v) is 22.5. The van der Waals surface area contributed by atoms with Crippen LogP contribution in [0, 0.1) is 5.92 Å². The van der Waals surface area contributed by atoms with Gasteiger partial charge in [-0.3, -0.25) is 9.59 Å². The normalized spacial score (nSPS) is 14.8. The van der Waals surface area contributed by atoms with E-state index in [0.29, 0.717) is 22.8 Å². The van der Waals surface area contributed by atoms with Gasteiger partial charge in [0.05, 0.1) is 19.1 Å². The summed E-state index contributed by atoms with van der Waals surface area (Å²) in [7, 11) is 1.30. The number of carbonyl (C=O) groups excluding carboxylic acids is 2. The number of methoxy groups -OCH3 is 1. The van der Waals surface area contributed by atoms with Crippen LogP contribution in [-0.4, -0.2) is 25.5 Å². The molecule has 5 nitrogen and oxygen atoms in total. The molecule has 0 unspecified atom stereocenters. The third-order valence-corrected chi connectivity index (χ3v) is 7.34. The maximum Gasteiger partial charge on any atom is 0.416 e. The maximum absolute atomic E-state index is 12.9. The molecule has 0 radical (unpaired) electrons. The second kappa shape index (κ2) is 13.5. The van der Waals surface area contributed by atoms with Crippen molar-refractivity contribution in [2.24, 2.45) is 5.92 Å². The number of nitrogens with one attached hydrogen (secondary N) is 1. The van der Waals surface area contributed by atoms with Gasteiger partial charge in [-0.2, -0.15) is 13.2 Å². The fraction of sp³-hybridized carbons (Fsp3) is 0.375. The molecular formula is C32H34F3NO4. The molecule has 1 fully saturated rings. The van der Waals surface area contributed by atoms with E-state index in [1.165, 1.54) is 38.5 Å². The van der Waals surface area contributed by atoms with Gasteiger partial charge in [-0.25, -0.2) is 0 Å². The van der Waals surface area contributed by atoms with Gasteiger partial charge in [-0.15, -0.1) is 0 Å². The summed E-state index contributed by atoms with van der Waals surface area (Å²) in [6, 6.07) is 19.9. The summed E-state index contributed by atoms with van der Waals surface area (Å²) in [6.07, 6.45) is 2.39. The molecule has 1 aliphatic carbocycles. The van der Waals surface area contributed by atoms with Crippen molar-refractivity contribution < 1.29 is 32.2 Å². The first-order valence-corrected chi connectivity index (χ1v) is 13.6. The van der Waals surface area contributed by atoms with Gasteiger partial charge in [0, 0.05) is 12.1 Å². The lowest BCUT2D eigenvalue weighted by molar-refractivity contribution is -0.140. The number of esters is 1. The Kier molecular flexibility index (Phi) is 9.85. The van der Waals surface area contributed by atoms with E-state index >= 15 is 0 Å². The number of hydrogen-bond acceptors (Lipinski definition) is 4. The fourth-order valence-corrected chi connectivity index (χ4v) is 5.05. The van der Waals surface area contributed by atoms with Gasteiger partial charge >= 0.3 is 12.1 Å². The Balaban J connectivity index is 1.46. The smallest absolute Gasteiger partial charge is 0.416 e. The predicted molar refractivity (Wildman–Crippen MR) is 147 cm³/mol. The van der Waals surface area contributed by atoms with Crippen molar-refractivity contribution in [1.29, 1.82) is 0 Å². The molecule has 0 bridgehead atoms. The van der Waals surface area contributed by atoms with Crippen LogP contribution in [0.15, 0.2) is 72.8 Å². The van der Waals surface area contributed by atoms with Crippen molar-refractivity contribution in [2.75, 3.05) is 13.7 Å². The Hall–Kier alpha value is -3.81. The van der Waals surface area contributed by atoms with E-state index < -0.39 is 11.7 Å². The number of amides is 1. The van der Waals surface area contributed by atoms with Gasteiger partial charge in [0.2, 0.25) is 0 Å². The highest BCUT2D eigenvalue weighted by Gasteiger charge is 2.30. The first-order chi connectivity index (χ1) is 19.2. The standard InChI is InChI=1S/C32H34F3NO4/c1-39-30(37)19-20-36-31(38)26-13-17-28(18-14-26)40-29(21-22-5-3-2-4-6-22)25-9-7-23(8-10-25)24-11-15-27(16-12-24)32(33,34)35/h7-18,22,29H,2-6,19-21H2,1H3,(H,36,38)/t29-/m1/s1. The SMILES string of the molecule is COC(=O)CCNC(=O)c1ccc(O[C@H](CC2CCCCC2)c2ccc(-c3ccc(C(F)(F)F)cc3)cc2)cc1. The van der Waals surface area contributed by atoms with Gasteiger partial charge in [-0.1, -0.05) is 68.5 Å². The Bertz CT molecular complexity index is 1250. The van der Waals surface area contributed by atoms with Crippen LogP contribution < -0.4 is 10.1 Å². The number of carbonyl (C=O) groups is 2. The van der Waals surface area contributed by atoms with Gasteiger partial charge in [0.15, 0.2) is 0 Å². The summed E-state index contributed by atoms with van der Waals surface area (Å²) >= 11 is 0. The maximum atomic E-state index is 12.9. The van der Waals surface area contributed by atoms with E-state index in [9.17, 15) is 22.8 Å². The number of alkyl halides is 3. The van der Waals surface area contributed by atoms with Crippen molar-refractivity contribution >= 4 is 11.9 Å². The summed E-state index contributed by atoms with van der Waals surface area (Å²) in [4.78, 5) is 23.6. The molecule has 0 aromatic heterocycles. The highest BCUT2D eigenvalue weighted by Crippen LogP contribution is 2.36. The number of hydrogen-bond donors (Lipinski definition) is 1. The molecule has 1 amide bonds. The summed E-state index contributed by atoms with van der Waals surface area (Å²) < 4.78 is 49.8. The van der Waals surface area contributed by atoms with Crippen molar-refractivity contribution in [2.45, 2.75) is 57.2 Å². The van der Waals surface area contributed by atoms with Crippen LogP contribution >= 0.6 is 0 Å². The average Bonchev–Trinajstić information content (AvgIpc) is 2.97. The van der Waals surface area contributed by atoms with Gasteiger partial charge in [0.25, 0.3) is 5.91 Å². The predicted octanol–water partition coefficient (Wildman–Crippen LogP) is 7.76. The van der Waals surface area contributed by atoms with E-state index in [0.717, 1.165) is 42.5 Å². The van der Waals surface area contributed by atoms with Crippen LogP contribution in [0.3, 0.4) is 0 Å². The molecule has 1 N–H and O–H groups in total. The van der Waals surface area contributed by atoms with E-state index in [1.807, 2.05) is 24.3 Å². The monoisotopic (exact) mass is 553 g/mol. The first-order valence-electron chi connectivity index (χ1n) is 13.6. The Labute approximate surface area is 232 Å². The molecule has 3 aromatic rings. The van der Waals surface area contributed by atoms with Crippen LogP contribution in [0.1, 0.15) is 72.5 Å². The Morgan fingerprint density at radius 2 is 1.48 bits per heavy atom. The van der Waals surface area contributed by atoms with E-state index in [4.69, 9.17) is 4.74 Å². The molecular weight excluding hydrogens is 519 g/mol. The minimum Gasteiger partial charge on any atom is -0.486 e. The van der Waals surface area contributed by atoms with Crippen LogP contribution in [0.2, 0.25) is 0 Å². The lowest BCUT2D eigenvalue weighted by atomic mass is 9.84. The minimum absolute atomic E-state index is 0.101. The second-order valence-electron chi connectivity index (χ2n) is 10.1. The van der Waals surface area contributed by atoms with Crippen molar-refractivity contribution in [3.05, 3.63) is 89.5 Å². The first kappa shape index (κ1) is 29.2. The third-order valence-electron chi connectivity index (χ3n) is 7.34. The highest BCUT2D eigenvalue weighted by molar-refractivity contribution is 5.94. The molecule has 8 heteroatoms. The molecule has 0 spiro atoms. The van der Waals surface area contributed by atoms with Crippen molar-refractivity contribution in [1.82, 2.24) is 5.32 Å². The third kappa shape index (κ3) is 8.10. The average molecular weight is 554 g/mol. The molecule has 0 aliphatic heterocycles. The van der Waals surface area contributed by atoms with E-state index in [-0.39, 0.29) is 30.9 Å². The van der Waals surface area contributed by atoms with Crippen LogP contribution in [0.25, 0.3) is 11.1 Å². The van der Waals surface area contributed by atoms with Crippen molar-refractivity contribution in [3.63, 3.8) is 0 Å². The molecule has 3 aromatic carbocycles. The van der Waals surface area contributed by atoms with Crippen molar-refractivity contribution in [3.8, 4) is 16.9 Å². The molecule has 212 valence electrons. The Morgan fingerprint density at radius 3 is 2.05 bits per heavy atom. The minimum atomic E-state index is -4.36. The summed E-state index contributed by atoms with van der Waals surface area (Å²) in [5, 5.41) is 2.70. The zero-order valence-electron chi connectivity index (χ0n) is 22.5.